The first-order valence-electron chi connectivity index (χ1n) is 13.6. The third kappa shape index (κ3) is 5.61. The highest BCUT2D eigenvalue weighted by Crippen LogP contribution is 2.29. The van der Waals surface area contributed by atoms with Gasteiger partial charge < -0.3 is 9.80 Å². The fourth-order valence-electron chi connectivity index (χ4n) is 6.16. The van der Waals surface area contributed by atoms with Gasteiger partial charge in [0.1, 0.15) is 0 Å². The van der Waals surface area contributed by atoms with Gasteiger partial charge in [0, 0.05) is 62.4 Å². The van der Waals surface area contributed by atoms with Crippen molar-refractivity contribution in [2.45, 2.75) is 63.8 Å². The Bertz CT molecular complexity index is 1020. The number of benzene rings is 2. The Kier molecular flexibility index (Phi) is 7.52. The van der Waals surface area contributed by atoms with Gasteiger partial charge in [-0.15, -0.1) is 0 Å². The van der Waals surface area contributed by atoms with Gasteiger partial charge in [0.25, 0.3) is 11.8 Å². The Morgan fingerprint density at radius 3 is 2.17 bits per heavy atom. The molecule has 0 aromatic heterocycles. The van der Waals surface area contributed by atoms with Crippen LogP contribution in [0, 0.1) is 6.92 Å². The van der Waals surface area contributed by atoms with Crippen LogP contribution in [-0.2, 0) is 0 Å². The van der Waals surface area contributed by atoms with Gasteiger partial charge in [-0.1, -0.05) is 49.1 Å². The Morgan fingerprint density at radius 2 is 1.43 bits per heavy atom. The van der Waals surface area contributed by atoms with Crippen molar-refractivity contribution in [1.82, 2.24) is 14.7 Å². The molecule has 2 aromatic carbocycles. The second kappa shape index (κ2) is 10.9. The van der Waals surface area contributed by atoms with Gasteiger partial charge in [-0.3, -0.25) is 14.5 Å². The van der Waals surface area contributed by atoms with Crippen LogP contribution >= 0.6 is 0 Å². The van der Waals surface area contributed by atoms with E-state index in [0.717, 1.165) is 68.3 Å². The van der Waals surface area contributed by atoms with E-state index >= 15 is 0 Å². The van der Waals surface area contributed by atoms with E-state index in [1.807, 2.05) is 53.1 Å². The van der Waals surface area contributed by atoms with Gasteiger partial charge in [-0.05, 0) is 62.4 Å². The summed E-state index contributed by atoms with van der Waals surface area (Å²) in [5.41, 5.74) is 3.89. The molecule has 1 saturated carbocycles. The summed E-state index contributed by atoms with van der Waals surface area (Å²) < 4.78 is 0. The number of carbonyl (C=O) groups is 2. The molecule has 0 spiro atoms. The highest BCUT2D eigenvalue weighted by Gasteiger charge is 2.29. The molecule has 35 heavy (non-hydrogen) atoms. The van der Waals surface area contributed by atoms with Gasteiger partial charge in [-0.25, -0.2) is 0 Å². The first kappa shape index (κ1) is 24.1. The van der Waals surface area contributed by atoms with Crippen LogP contribution < -0.4 is 0 Å². The molecule has 5 rings (SSSR count). The summed E-state index contributed by atoms with van der Waals surface area (Å²) in [6, 6.07) is 16.8. The van der Waals surface area contributed by atoms with Crippen molar-refractivity contribution in [1.29, 1.82) is 0 Å². The summed E-state index contributed by atoms with van der Waals surface area (Å²) in [6.07, 6.45) is 8.77. The van der Waals surface area contributed by atoms with Crippen LogP contribution in [-0.4, -0.2) is 71.8 Å². The molecule has 3 aliphatic rings. The molecular formula is C30H39N3O2. The van der Waals surface area contributed by atoms with Crippen LogP contribution in [0.5, 0.6) is 0 Å². The molecular weight excluding hydrogens is 434 g/mol. The highest BCUT2D eigenvalue weighted by atomic mass is 16.2. The zero-order valence-corrected chi connectivity index (χ0v) is 21.1. The van der Waals surface area contributed by atoms with E-state index < -0.39 is 0 Å². The van der Waals surface area contributed by atoms with E-state index in [4.69, 9.17) is 0 Å². The third-order valence-electron chi connectivity index (χ3n) is 8.30. The molecule has 2 heterocycles. The molecule has 2 amide bonds. The fourth-order valence-corrected chi connectivity index (χ4v) is 6.16. The van der Waals surface area contributed by atoms with Gasteiger partial charge in [-0.2, -0.15) is 0 Å². The second-order valence-corrected chi connectivity index (χ2v) is 10.7. The summed E-state index contributed by atoms with van der Waals surface area (Å²) in [4.78, 5) is 33.0. The third-order valence-corrected chi connectivity index (χ3v) is 8.30. The lowest BCUT2D eigenvalue weighted by molar-refractivity contribution is 0.0522. The maximum atomic E-state index is 13.3. The predicted octanol–water partition coefficient (Wildman–Crippen LogP) is 5.11. The first-order valence-corrected chi connectivity index (χ1v) is 13.6. The first-order chi connectivity index (χ1) is 17.1. The van der Waals surface area contributed by atoms with Crippen molar-refractivity contribution in [3.05, 3.63) is 70.8 Å². The van der Waals surface area contributed by atoms with Gasteiger partial charge in [0.2, 0.25) is 0 Å². The van der Waals surface area contributed by atoms with Crippen molar-refractivity contribution < 1.29 is 9.59 Å². The Hall–Kier alpha value is -2.66. The fraction of sp³-hybridized carbons (Fsp3) is 0.533. The monoisotopic (exact) mass is 473 g/mol. The normalized spacial score (nSPS) is 22.3. The summed E-state index contributed by atoms with van der Waals surface area (Å²) in [7, 11) is 0. The standard InChI is InChI=1S/C30H39N3O2/c1-23-12-14-24(15-13-23)29(34)33-16-6-9-27(22-33)25-7-5-8-26(21-25)30(35)32-19-17-31(18-20-32)28-10-3-2-4-11-28/h5,7-8,12-15,21,27-28H,2-4,6,9-11,16-20,22H2,1H3/t27-/m0/s1. The smallest absolute Gasteiger partial charge is 0.253 e. The maximum absolute atomic E-state index is 13.3. The average Bonchev–Trinajstić information content (AvgIpc) is 2.93. The number of likely N-dealkylation sites (tertiary alicyclic amines) is 1. The number of amides is 2. The lowest BCUT2D eigenvalue weighted by atomic mass is 9.89. The van der Waals surface area contributed by atoms with E-state index in [9.17, 15) is 9.59 Å². The average molecular weight is 474 g/mol. The van der Waals surface area contributed by atoms with E-state index in [0.29, 0.717) is 6.54 Å². The summed E-state index contributed by atoms with van der Waals surface area (Å²) in [6.45, 7) is 7.18. The number of carbonyl (C=O) groups excluding carboxylic acids is 2. The summed E-state index contributed by atoms with van der Waals surface area (Å²) in [5.74, 6) is 0.533. The minimum absolute atomic E-state index is 0.109. The van der Waals surface area contributed by atoms with Crippen LogP contribution in [0.1, 0.15) is 82.7 Å². The topological polar surface area (TPSA) is 43.9 Å². The number of piperidine rings is 1. The molecule has 5 nitrogen and oxygen atoms in total. The number of rotatable bonds is 4. The summed E-state index contributed by atoms with van der Waals surface area (Å²) >= 11 is 0. The van der Waals surface area contributed by atoms with Crippen LogP contribution in [0.2, 0.25) is 0 Å². The number of piperazine rings is 1. The van der Waals surface area contributed by atoms with Crippen molar-refractivity contribution in [2.75, 3.05) is 39.3 Å². The van der Waals surface area contributed by atoms with Crippen molar-refractivity contribution in [3.63, 3.8) is 0 Å². The predicted molar refractivity (Wildman–Crippen MR) is 140 cm³/mol. The van der Waals surface area contributed by atoms with Crippen molar-refractivity contribution in [3.8, 4) is 0 Å². The quantitative estimate of drug-likeness (QED) is 0.620. The summed E-state index contributed by atoms with van der Waals surface area (Å²) in [5, 5.41) is 0. The molecule has 0 radical (unpaired) electrons. The minimum atomic E-state index is 0.109. The van der Waals surface area contributed by atoms with Gasteiger partial charge >= 0.3 is 0 Å². The largest absolute Gasteiger partial charge is 0.338 e. The minimum Gasteiger partial charge on any atom is -0.338 e. The SMILES string of the molecule is Cc1ccc(C(=O)N2CCC[C@H](c3cccc(C(=O)N4CCN(C5CCCCC5)CC4)c3)C2)cc1. The van der Waals surface area contributed by atoms with Crippen LogP contribution in [0.15, 0.2) is 48.5 Å². The molecule has 1 aliphatic carbocycles. The molecule has 3 fully saturated rings. The van der Waals surface area contributed by atoms with E-state index in [1.54, 1.807) is 0 Å². The van der Waals surface area contributed by atoms with Crippen LogP contribution in [0.4, 0.5) is 0 Å². The van der Waals surface area contributed by atoms with E-state index in [2.05, 4.69) is 17.0 Å². The van der Waals surface area contributed by atoms with Crippen molar-refractivity contribution in [2.24, 2.45) is 0 Å². The number of aryl methyl sites for hydroxylation is 1. The zero-order valence-electron chi connectivity index (χ0n) is 21.1. The van der Waals surface area contributed by atoms with E-state index in [1.165, 1.54) is 37.7 Å². The Labute approximate surface area is 210 Å². The lowest BCUT2D eigenvalue weighted by Crippen LogP contribution is -2.52. The Balaban J connectivity index is 1.21. The Morgan fingerprint density at radius 1 is 0.714 bits per heavy atom. The molecule has 1 atom stereocenters. The molecule has 2 aromatic rings. The lowest BCUT2D eigenvalue weighted by Gasteiger charge is -2.40. The maximum Gasteiger partial charge on any atom is 0.253 e. The van der Waals surface area contributed by atoms with Crippen LogP contribution in [0.25, 0.3) is 0 Å². The van der Waals surface area contributed by atoms with Gasteiger partial charge in [0.15, 0.2) is 0 Å². The molecule has 0 unspecified atom stereocenters. The zero-order chi connectivity index (χ0) is 24.2. The molecule has 5 heteroatoms. The van der Waals surface area contributed by atoms with Gasteiger partial charge in [0.05, 0.1) is 0 Å². The molecule has 2 saturated heterocycles. The molecule has 0 N–H and O–H groups in total. The van der Waals surface area contributed by atoms with E-state index in [-0.39, 0.29) is 17.7 Å². The number of hydrogen-bond acceptors (Lipinski definition) is 3. The molecule has 2 aliphatic heterocycles. The second-order valence-electron chi connectivity index (χ2n) is 10.7. The molecule has 0 bridgehead atoms. The number of nitrogens with zero attached hydrogens (tertiary/aromatic N) is 3. The molecule has 186 valence electrons. The highest BCUT2D eigenvalue weighted by molar-refractivity contribution is 5.95. The van der Waals surface area contributed by atoms with Crippen LogP contribution in [0.3, 0.4) is 0 Å². The number of hydrogen-bond donors (Lipinski definition) is 0. The van der Waals surface area contributed by atoms with Crippen molar-refractivity contribution >= 4 is 11.8 Å².